The number of esters is 1. The van der Waals surface area contributed by atoms with Crippen LogP contribution >= 0.6 is 0 Å². The molecule has 0 amide bonds. The molecule has 3 nitrogen and oxygen atoms in total. The Hall–Kier alpha value is -2.29. The van der Waals surface area contributed by atoms with Crippen LogP contribution in [-0.4, -0.2) is 13.1 Å². The summed E-state index contributed by atoms with van der Waals surface area (Å²) in [5.74, 6) is 1.09. The van der Waals surface area contributed by atoms with Gasteiger partial charge in [-0.1, -0.05) is 36.4 Å². The zero-order valence-electron chi connectivity index (χ0n) is 12.9. The minimum absolute atomic E-state index is 0.0276. The first-order valence-electron chi connectivity index (χ1n) is 7.54. The fourth-order valence-electron chi connectivity index (χ4n) is 2.85. The van der Waals surface area contributed by atoms with Crippen molar-refractivity contribution < 1.29 is 14.3 Å². The lowest BCUT2D eigenvalue weighted by molar-refractivity contribution is -0.142. The molecule has 0 spiro atoms. The second-order valence-corrected chi connectivity index (χ2v) is 5.76. The molecule has 2 aromatic carbocycles. The highest BCUT2D eigenvalue weighted by molar-refractivity contribution is 5.77. The molecule has 114 valence electrons. The summed E-state index contributed by atoms with van der Waals surface area (Å²) in [5.41, 5.74) is 3.54. The first kappa shape index (κ1) is 14.6. The molecule has 1 saturated carbocycles. The molecule has 1 fully saturated rings. The van der Waals surface area contributed by atoms with Crippen LogP contribution < -0.4 is 4.74 Å². The summed E-state index contributed by atoms with van der Waals surface area (Å²) in [6.07, 6.45) is 0.887. The van der Waals surface area contributed by atoms with Gasteiger partial charge in [0.05, 0.1) is 13.0 Å². The molecule has 22 heavy (non-hydrogen) atoms. The molecule has 3 rings (SSSR count). The van der Waals surface area contributed by atoms with Crippen LogP contribution in [0.5, 0.6) is 5.75 Å². The van der Waals surface area contributed by atoms with Crippen molar-refractivity contribution in [2.45, 2.75) is 25.9 Å². The third-order valence-electron chi connectivity index (χ3n) is 4.18. The number of carbonyl (C=O) groups is 1. The van der Waals surface area contributed by atoms with Gasteiger partial charge in [-0.15, -0.1) is 0 Å². The standard InChI is InChI=1S/C19H20O3/c1-13-10-15(22-12-14-6-4-3-5-7-14)8-9-16(13)17-11-18(17)19(20)21-2/h3-10,17-18H,11-12H2,1-2H3/t17?,18-/m1/s1. The van der Waals surface area contributed by atoms with Gasteiger partial charge in [-0.05, 0) is 48.1 Å². The van der Waals surface area contributed by atoms with Crippen LogP contribution in [0.2, 0.25) is 0 Å². The lowest BCUT2D eigenvalue weighted by atomic mass is 10.0. The van der Waals surface area contributed by atoms with E-state index in [1.165, 1.54) is 18.2 Å². The van der Waals surface area contributed by atoms with E-state index in [0.717, 1.165) is 17.7 Å². The molecule has 1 aliphatic carbocycles. The highest BCUT2D eigenvalue weighted by Crippen LogP contribution is 2.49. The van der Waals surface area contributed by atoms with Gasteiger partial charge >= 0.3 is 5.97 Å². The molecular formula is C19H20O3. The Balaban J connectivity index is 1.64. The molecule has 0 aromatic heterocycles. The van der Waals surface area contributed by atoms with E-state index in [9.17, 15) is 4.79 Å². The summed E-state index contributed by atoms with van der Waals surface area (Å²) >= 11 is 0. The van der Waals surface area contributed by atoms with E-state index in [1.807, 2.05) is 42.5 Å². The summed E-state index contributed by atoms with van der Waals surface area (Å²) in [6, 6.07) is 16.2. The van der Waals surface area contributed by atoms with E-state index in [-0.39, 0.29) is 11.9 Å². The minimum Gasteiger partial charge on any atom is -0.489 e. The third kappa shape index (κ3) is 3.14. The Kier molecular flexibility index (Phi) is 4.14. The van der Waals surface area contributed by atoms with Gasteiger partial charge in [-0.3, -0.25) is 4.79 Å². The van der Waals surface area contributed by atoms with Crippen LogP contribution in [0, 0.1) is 12.8 Å². The quantitative estimate of drug-likeness (QED) is 0.786. The van der Waals surface area contributed by atoms with Crippen molar-refractivity contribution in [3.63, 3.8) is 0 Å². The van der Waals surface area contributed by atoms with Crippen molar-refractivity contribution in [1.29, 1.82) is 0 Å². The second kappa shape index (κ2) is 6.22. The fourth-order valence-corrected chi connectivity index (χ4v) is 2.85. The van der Waals surface area contributed by atoms with E-state index >= 15 is 0 Å². The number of benzene rings is 2. The number of hydrogen-bond acceptors (Lipinski definition) is 3. The maximum Gasteiger partial charge on any atom is 0.309 e. The van der Waals surface area contributed by atoms with Gasteiger partial charge in [0.1, 0.15) is 12.4 Å². The lowest BCUT2D eigenvalue weighted by Gasteiger charge is -2.10. The highest BCUT2D eigenvalue weighted by Gasteiger charge is 2.45. The number of methoxy groups -OCH3 is 1. The molecule has 1 aliphatic rings. The molecule has 0 aliphatic heterocycles. The summed E-state index contributed by atoms with van der Waals surface area (Å²) in [7, 11) is 1.45. The number of ether oxygens (including phenoxy) is 2. The van der Waals surface area contributed by atoms with Crippen LogP contribution in [0.3, 0.4) is 0 Å². The first-order valence-corrected chi connectivity index (χ1v) is 7.54. The lowest BCUT2D eigenvalue weighted by Crippen LogP contribution is -2.04. The number of rotatable bonds is 5. The SMILES string of the molecule is COC(=O)[C@@H]1CC1c1ccc(OCc2ccccc2)cc1C. The second-order valence-electron chi connectivity index (χ2n) is 5.76. The topological polar surface area (TPSA) is 35.5 Å². The van der Waals surface area contributed by atoms with Gasteiger partial charge in [0.15, 0.2) is 0 Å². The van der Waals surface area contributed by atoms with E-state index < -0.39 is 0 Å². The maximum atomic E-state index is 11.5. The largest absolute Gasteiger partial charge is 0.489 e. The number of hydrogen-bond donors (Lipinski definition) is 0. The third-order valence-corrected chi connectivity index (χ3v) is 4.18. The van der Waals surface area contributed by atoms with Crippen LogP contribution in [-0.2, 0) is 16.1 Å². The summed E-state index contributed by atoms with van der Waals surface area (Å²) in [5, 5.41) is 0. The molecule has 0 radical (unpaired) electrons. The molecule has 0 bridgehead atoms. The molecule has 2 aromatic rings. The van der Waals surface area contributed by atoms with Crippen molar-refractivity contribution >= 4 is 5.97 Å². The average Bonchev–Trinajstić information content (AvgIpc) is 3.33. The van der Waals surface area contributed by atoms with Gasteiger partial charge in [0.25, 0.3) is 0 Å². The Morgan fingerprint density at radius 2 is 1.95 bits per heavy atom. The van der Waals surface area contributed by atoms with Crippen molar-refractivity contribution in [3.8, 4) is 5.75 Å². The van der Waals surface area contributed by atoms with Gasteiger partial charge in [-0.25, -0.2) is 0 Å². The Bertz CT molecular complexity index is 664. The molecular weight excluding hydrogens is 276 g/mol. The Labute approximate surface area is 130 Å². The van der Waals surface area contributed by atoms with Crippen LogP contribution in [0.15, 0.2) is 48.5 Å². The van der Waals surface area contributed by atoms with E-state index in [1.54, 1.807) is 0 Å². The summed E-state index contributed by atoms with van der Waals surface area (Å²) < 4.78 is 10.6. The first-order chi connectivity index (χ1) is 10.7. The molecule has 0 saturated heterocycles. The predicted octanol–water partition coefficient (Wildman–Crippen LogP) is 3.85. The summed E-state index contributed by atoms with van der Waals surface area (Å²) in [4.78, 5) is 11.5. The highest BCUT2D eigenvalue weighted by atomic mass is 16.5. The molecule has 2 atom stereocenters. The van der Waals surface area contributed by atoms with Crippen molar-refractivity contribution in [3.05, 3.63) is 65.2 Å². The van der Waals surface area contributed by atoms with Crippen molar-refractivity contribution in [1.82, 2.24) is 0 Å². The smallest absolute Gasteiger partial charge is 0.309 e. The zero-order chi connectivity index (χ0) is 15.5. The Morgan fingerprint density at radius 3 is 2.64 bits per heavy atom. The minimum atomic E-state index is -0.103. The van der Waals surface area contributed by atoms with Crippen molar-refractivity contribution in [2.24, 2.45) is 5.92 Å². The normalized spacial score (nSPS) is 19.5. The van der Waals surface area contributed by atoms with Gasteiger partial charge < -0.3 is 9.47 Å². The van der Waals surface area contributed by atoms with Crippen LogP contribution in [0.4, 0.5) is 0 Å². The average molecular weight is 296 g/mol. The van der Waals surface area contributed by atoms with E-state index in [0.29, 0.717) is 12.5 Å². The van der Waals surface area contributed by atoms with Gasteiger partial charge in [0, 0.05) is 0 Å². The van der Waals surface area contributed by atoms with Crippen LogP contribution in [0.25, 0.3) is 0 Å². The molecule has 3 heteroatoms. The van der Waals surface area contributed by atoms with Gasteiger partial charge in [0.2, 0.25) is 0 Å². The fraction of sp³-hybridized carbons (Fsp3) is 0.316. The number of carbonyl (C=O) groups excluding carboxylic acids is 1. The Morgan fingerprint density at radius 1 is 1.18 bits per heavy atom. The van der Waals surface area contributed by atoms with E-state index in [4.69, 9.17) is 9.47 Å². The van der Waals surface area contributed by atoms with Gasteiger partial charge in [-0.2, -0.15) is 0 Å². The summed E-state index contributed by atoms with van der Waals surface area (Å²) in [6.45, 7) is 2.63. The van der Waals surface area contributed by atoms with Crippen molar-refractivity contribution in [2.75, 3.05) is 7.11 Å². The zero-order valence-corrected chi connectivity index (χ0v) is 12.9. The van der Waals surface area contributed by atoms with Crippen LogP contribution in [0.1, 0.15) is 29.0 Å². The predicted molar refractivity (Wildman–Crippen MR) is 84.8 cm³/mol. The maximum absolute atomic E-state index is 11.5. The molecule has 0 heterocycles. The molecule has 1 unspecified atom stereocenters. The number of aryl methyl sites for hydroxylation is 1. The molecule has 0 N–H and O–H groups in total. The monoisotopic (exact) mass is 296 g/mol. The van der Waals surface area contributed by atoms with E-state index in [2.05, 4.69) is 13.0 Å².